The molecule has 1 saturated carbocycles. The third-order valence-corrected chi connectivity index (χ3v) is 4.59. The first kappa shape index (κ1) is 14.9. The lowest BCUT2D eigenvalue weighted by Gasteiger charge is -2.11. The number of hydrogen-bond donors (Lipinski definition) is 1. The molecule has 0 saturated heterocycles. The first-order chi connectivity index (χ1) is 11.6. The first-order valence-electron chi connectivity index (χ1n) is 8.25. The summed E-state index contributed by atoms with van der Waals surface area (Å²) >= 11 is 0. The van der Waals surface area contributed by atoms with Crippen molar-refractivity contribution in [1.29, 1.82) is 0 Å². The summed E-state index contributed by atoms with van der Waals surface area (Å²) in [6.45, 7) is 0. The molecule has 3 aromatic rings. The summed E-state index contributed by atoms with van der Waals surface area (Å²) in [7, 11) is 3.80. The molecule has 24 heavy (non-hydrogen) atoms. The van der Waals surface area contributed by atoms with E-state index in [-0.39, 0.29) is 5.56 Å². The van der Waals surface area contributed by atoms with Crippen LogP contribution in [0.3, 0.4) is 0 Å². The molecule has 7 heteroatoms. The maximum atomic E-state index is 12.7. The molecular weight excluding hydrogens is 304 g/mol. The van der Waals surface area contributed by atoms with Gasteiger partial charge in [-0.1, -0.05) is 12.8 Å². The van der Waals surface area contributed by atoms with Crippen LogP contribution >= 0.6 is 0 Å². The molecule has 0 amide bonds. The molecule has 3 aromatic heterocycles. The van der Waals surface area contributed by atoms with E-state index in [0.29, 0.717) is 28.7 Å². The number of pyridine rings is 1. The van der Waals surface area contributed by atoms with Crippen LogP contribution in [0.25, 0.3) is 22.4 Å². The van der Waals surface area contributed by atoms with E-state index in [0.717, 1.165) is 18.4 Å². The Morgan fingerprint density at radius 2 is 1.92 bits per heavy atom. The highest BCUT2D eigenvalue weighted by Gasteiger charge is 2.25. The molecule has 7 nitrogen and oxygen atoms in total. The monoisotopic (exact) mass is 324 g/mol. The number of nitrogens with zero attached hydrogens (tertiary/aromatic N) is 5. The van der Waals surface area contributed by atoms with E-state index in [4.69, 9.17) is 10.1 Å². The highest BCUT2D eigenvalue weighted by Crippen LogP contribution is 2.33. The van der Waals surface area contributed by atoms with Crippen molar-refractivity contribution in [1.82, 2.24) is 24.7 Å². The lowest BCUT2D eigenvalue weighted by Crippen LogP contribution is -2.15. The summed E-state index contributed by atoms with van der Waals surface area (Å²) in [4.78, 5) is 26.3. The highest BCUT2D eigenvalue weighted by atomic mass is 16.1. The number of hydrogen-bond acceptors (Lipinski definition) is 5. The Bertz CT molecular complexity index is 921. The fourth-order valence-electron chi connectivity index (χ4n) is 3.39. The maximum Gasteiger partial charge on any atom is 0.264 e. The van der Waals surface area contributed by atoms with Crippen molar-refractivity contribution in [3.8, 4) is 11.4 Å². The van der Waals surface area contributed by atoms with Crippen LogP contribution in [0.15, 0.2) is 29.3 Å². The van der Waals surface area contributed by atoms with Crippen LogP contribution in [-0.4, -0.2) is 38.8 Å². The lowest BCUT2D eigenvalue weighted by molar-refractivity contribution is 0.479. The predicted molar refractivity (Wildman–Crippen MR) is 93.2 cm³/mol. The van der Waals surface area contributed by atoms with Gasteiger partial charge in [0.15, 0.2) is 11.5 Å². The van der Waals surface area contributed by atoms with Gasteiger partial charge >= 0.3 is 0 Å². The van der Waals surface area contributed by atoms with E-state index in [1.807, 2.05) is 35.8 Å². The number of fused-ring (bicyclic) bond motifs is 1. The Kier molecular flexibility index (Phi) is 3.55. The Morgan fingerprint density at radius 3 is 2.58 bits per heavy atom. The maximum absolute atomic E-state index is 12.7. The van der Waals surface area contributed by atoms with Gasteiger partial charge in [-0.15, -0.1) is 0 Å². The van der Waals surface area contributed by atoms with Crippen molar-refractivity contribution in [3.05, 3.63) is 34.9 Å². The molecule has 124 valence electrons. The molecule has 0 unspecified atom stereocenters. The van der Waals surface area contributed by atoms with Gasteiger partial charge in [-0.2, -0.15) is 5.10 Å². The van der Waals surface area contributed by atoms with Crippen LogP contribution < -0.4 is 10.5 Å². The molecule has 0 radical (unpaired) electrons. The standard InChI is InChI=1S/C17H20N6O/c1-22(2)16-13-15(23(21-16)12-5-3-4-6-12)19-14(20-17(13)24)11-7-9-18-10-8-11/h7-10,12H,3-6H2,1-2H3,(H,19,20,24). The van der Waals surface area contributed by atoms with Gasteiger partial charge in [0, 0.05) is 32.1 Å². The third-order valence-electron chi connectivity index (χ3n) is 4.59. The summed E-state index contributed by atoms with van der Waals surface area (Å²) in [5, 5.41) is 5.27. The minimum Gasteiger partial charge on any atom is -0.361 e. The molecule has 1 fully saturated rings. The van der Waals surface area contributed by atoms with E-state index < -0.39 is 0 Å². The van der Waals surface area contributed by atoms with Gasteiger partial charge in [0.2, 0.25) is 0 Å². The Balaban J connectivity index is 1.98. The summed E-state index contributed by atoms with van der Waals surface area (Å²) in [6, 6.07) is 4.00. The van der Waals surface area contributed by atoms with Gasteiger partial charge in [0.25, 0.3) is 5.56 Å². The molecule has 0 aromatic carbocycles. The number of anilines is 1. The molecule has 0 spiro atoms. The van der Waals surface area contributed by atoms with Crippen molar-refractivity contribution in [2.75, 3.05) is 19.0 Å². The summed E-state index contributed by atoms with van der Waals surface area (Å²) in [5.41, 5.74) is 1.36. The van der Waals surface area contributed by atoms with Crippen molar-refractivity contribution in [2.45, 2.75) is 31.7 Å². The second-order valence-corrected chi connectivity index (χ2v) is 6.45. The van der Waals surface area contributed by atoms with Crippen molar-refractivity contribution in [3.63, 3.8) is 0 Å². The van der Waals surface area contributed by atoms with Crippen LogP contribution in [-0.2, 0) is 0 Å². The number of H-pyrrole nitrogens is 1. The van der Waals surface area contributed by atoms with Crippen LogP contribution in [0.5, 0.6) is 0 Å². The average molecular weight is 324 g/mol. The number of aromatic nitrogens is 5. The zero-order chi connectivity index (χ0) is 16.7. The fourth-order valence-corrected chi connectivity index (χ4v) is 3.39. The Morgan fingerprint density at radius 1 is 1.21 bits per heavy atom. The van der Waals surface area contributed by atoms with Crippen LogP contribution in [0.1, 0.15) is 31.7 Å². The number of rotatable bonds is 3. The predicted octanol–water partition coefficient (Wildman–Crippen LogP) is 2.36. The highest BCUT2D eigenvalue weighted by molar-refractivity contribution is 5.88. The minimum absolute atomic E-state index is 0.153. The normalized spacial score (nSPS) is 15.2. The second-order valence-electron chi connectivity index (χ2n) is 6.45. The number of aromatic amines is 1. The van der Waals surface area contributed by atoms with Crippen molar-refractivity contribution < 1.29 is 0 Å². The molecule has 4 rings (SSSR count). The van der Waals surface area contributed by atoms with E-state index in [9.17, 15) is 4.79 Å². The smallest absolute Gasteiger partial charge is 0.264 e. The van der Waals surface area contributed by atoms with Gasteiger partial charge in [-0.25, -0.2) is 9.67 Å². The topological polar surface area (TPSA) is 79.7 Å². The van der Waals surface area contributed by atoms with Gasteiger partial charge in [-0.05, 0) is 25.0 Å². The molecular formula is C17H20N6O. The molecule has 1 N–H and O–H groups in total. The largest absolute Gasteiger partial charge is 0.361 e. The van der Waals surface area contributed by atoms with E-state index >= 15 is 0 Å². The third kappa shape index (κ3) is 2.36. The Hall–Kier alpha value is -2.70. The Labute approximate surface area is 139 Å². The quantitative estimate of drug-likeness (QED) is 0.800. The van der Waals surface area contributed by atoms with E-state index in [1.165, 1.54) is 12.8 Å². The number of nitrogens with one attached hydrogen (secondary N) is 1. The van der Waals surface area contributed by atoms with Crippen molar-refractivity contribution in [2.24, 2.45) is 0 Å². The minimum atomic E-state index is -0.153. The van der Waals surface area contributed by atoms with E-state index in [2.05, 4.69) is 9.97 Å². The SMILES string of the molecule is CN(C)c1nn(C2CCCC2)c2nc(-c3ccncc3)[nH]c(=O)c12. The zero-order valence-corrected chi connectivity index (χ0v) is 13.9. The molecule has 0 atom stereocenters. The molecule has 0 bridgehead atoms. The van der Waals surface area contributed by atoms with Crippen LogP contribution in [0.4, 0.5) is 5.82 Å². The zero-order valence-electron chi connectivity index (χ0n) is 13.9. The summed E-state index contributed by atoms with van der Waals surface area (Å²) in [6.07, 6.45) is 7.96. The molecule has 3 heterocycles. The van der Waals surface area contributed by atoms with Crippen LogP contribution in [0.2, 0.25) is 0 Å². The fraction of sp³-hybridized carbons (Fsp3) is 0.412. The average Bonchev–Trinajstić information content (AvgIpc) is 3.22. The van der Waals surface area contributed by atoms with Gasteiger partial charge in [0.1, 0.15) is 11.2 Å². The van der Waals surface area contributed by atoms with Gasteiger partial charge < -0.3 is 9.88 Å². The lowest BCUT2D eigenvalue weighted by atomic mass is 10.2. The molecule has 1 aliphatic rings. The van der Waals surface area contributed by atoms with E-state index in [1.54, 1.807) is 12.4 Å². The molecule has 1 aliphatic carbocycles. The summed E-state index contributed by atoms with van der Waals surface area (Å²) in [5.74, 6) is 1.23. The van der Waals surface area contributed by atoms with Gasteiger partial charge in [-0.3, -0.25) is 9.78 Å². The van der Waals surface area contributed by atoms with Crippen molar-refractivity contribution >= 4 is 16.9 Å². The molecule has 0 aliphatic heterocycles. The van der Waals surface area contributed by atoms with Crippen LogP contribution in [0, 0.1) is 0 Å². The summed E-state index contributed by atoms with van der Waals surface area (Å²) < 4.78 is 1.96. The first-order valence-corrected chi connectivity index (χ1v) is 8.25. The second kappa shape index (κ2) is 5.74. The van der Waals surface area contributed by atoms with Gasteiger partial charge in [0.05, 0.1) is 6.04 Å².